The van der Waals surface area contributed by atoms with Crippen LogP contribution in [0.2, 0.25) is 0 Å². The number of carboxylic acids is 1. The molecule has 2 rings (SSSR count). The summed E-state index contributed by atoms with van der Waals surface area (Å²) in [6.07, 6.45) is 1.48. The van der Waals surface area contributed by atoms with Gasteiger partial charge in [-0.3, -0.25) is 9.59 Å². The van der Waals surface area contributed by atoms with Crippen LogP contribution in [0.3, 0.4) is 0 Å². The van der Waals surface area contributed by atoms with Gasteiger partial charge in [-0.1, -0.05) is 50.1 Å². The summed E-state index contributed by atoms with van der Waals surface area (Å²) in [4.78, 5) is 24.1. The zero-order valence-corrected chi connectivity index (χ0v) is 14.2. The highest BCUT2D eigenvalue weighted by atomic mass is 16.5. The first-order chi connectivity index (χ1) is 11.4. The van der Waals surface area contributed by atoms with E-state index in [-0.39, 0.29) is 5.92 Å². The van der Waals surface area contributed by atoms with Crippen LogP contribution in [0.4, 0.5) is 0 Å². The van der Waals surface area contributed by atoms with Crippen molar-refractivity contribution in [1.82, 2.24) is 0 Å². The van der Waals surface area contributed by atoms with Gasteiger partial charge in [-0.05, 0) is 25.3 Å². The van der Waals surface area contributed by atoms with E-state index in [4.69, 9.17) is 4.74 Å². The number of aliphatic hydroxyl groups is 1. The predicted molar refractivity (Wildman–Crippen MR) is 89.2 cm³/mol. The molecule has 0 radical (unpaired) electrons. The normalized spacial score (nSPS) is 24.6. The second kappa shape index (κ2) is 8.29. The number of hydrogen-bond donors (Lipinski definition) is 2. The van der Waals surface area contributed by atoms with Gasteiger partial charge in [-0.2, -0.15) is 0 Å². The van der Waals surface area contributed by atoms with Gasteiger partial charge in [-0.15, -0.1) is 0 Å². The number of ether oxygens (including phenoxy) is 1. The molecule has 132 valence electrons. The lowest BCUT2D eigenvalue weighted by atomic mass is 9.79. The number of carboxylic acid groups (broad SMARTS) is 1. The largest absolute Gasteiger partial charge is 0.481 e. The Hall–Kier alpha value is -1.88. The fraction of sp³-hybridized carbons (Fsp3) is 0.579. The summed E-state index contributed by atoms with van der Waals surface area (Å²) in [5.74, 6) is -2.98. The number of benzene rings is 1. The van der Waals surface area contributed by atoms with Crippen molar-refractivity contribution < 1.29 is 24.5 Å². The van der Waals surface area contributed by atoms with Crippen molar-refractivity contribution in [1.29, 1.82) is 0 Å². The van der Waals surface area contributed by atoms with E-state index in [0.29, 0.717) is 12.8 Å². The Morgan fingerprint density at radius 1 is 1.08 bits per heavy atom. The van der Waals surface area contributed by atoms with Gasteiger partial charge in [-0.25, -0.2) is 0 Å². The predicted octanol–water partition coefficient (Wildman–Crippen LogP) is 3.18. The molecule has 1 fully saturated rings. The fourth-order valence-corrected chi connectivity index (χ4v) is 3.30. The number of hydrogen-bond acceptors (Lipinski definition) is 4. The quantitative estimate of drug-likeness (QED) is 0.781. The Morgan fingerprint density at radius 2 is 1.67 bits per heavy atom. The molecule has 0 heterocycles. The third-order valence-electron chi connectivity index (χ3n) is 5.00. The van der Waals surface area contributed by atoms with Crippen molar-refractivity contribution in [3.05, 3.63) is 35.9 Å². The minimum absolute atomic E-state index is 0.289. The number of aliphatic carboxylic acids is 1. The molecular weight excluding hydrogens is 308 g/mol. The van der Waals surface area contributed by atoms with E-state index in [1.54, 1.807) is 6.92 Å². The molecule has 1 saturated carbocycles. The molecule has 1 aliphatic rings. The highest BCUT2D eigenvalue weighted by Crippen LogP contribution is 2.35. The highest BCUT2D eigenvalue weighted by Gasteiger charge is 2.38. The van der Waals surface area contributed by atoms with E-state index < -0.39 is 36.0 Å². The molecule has 0 spiro atoms. The van der Waals surface area contributed by atoms with E-state index in [2.05, 4.69) is 0 Å². The first kappa shape index (κ1) is 18.5. The molecule has 5 unspecified atom stereocenters. The molecule has 1 aromatic rings. The van der Waals surface area contributed by atoms with Gasteiger partial charge in [0.25, 0.3) is 0 Å². The zero-order chi connectivity index (χ0) is 17.7. The highest BCUT2D eigenvalue weighted by molar-refractivity contribution is 5.81. The van der Waals surface area contributed by atoms with Crippen LogP contribution in [-0.4, -0.2) is 28.3 Å². The topological polar surface area (TPSA) is 83.8 Å². The standard InChI is InChI=1S/C19H26O5/c1-12(13(2)20)17(14-8-4-3-5-9-14)24-19(23)16-11-7-6-10-15(16)18(21)22/h3-5,8-9,12-13,15-17,20H,6-7,10-11H2,1-2H3,(H,21,22). The summed E-state index contributed by atoms with van der Waals surface area (Å²) >= 11 is 0. The lowest BCUT2D eigenvalue weighted by Crippen LogP contribution is -2.36. The molecule has 0 aliphatic heterocycles. The van der Waals surface area contributed by atoms with Crippen LogP contribution in [0.5, 0.6) is 0 Å². The van der Waals surface area contributed by atoms with Gasteiger partial charge in [0.2, 0.25) is 0 Å². The average Bonchev–Trinajstić information content (AvgIpc) is 2.59. The number of esters is 1. The van der Waals surface area contributed by atoms with Crippen molar-refractivity contribution >= 4 is 11.9 Å². The Labute approximate surface area is 142 Å². The van der Waals surface area contributed by atoms with Crippen LogP contribution in [0.25, 0.3) is 0 Å². The summed E-state index contributed by atoms with van der Waals surface area (Å²) in [5, 5.41) is 19.3. The molecule has 0 saturated heterocycles. The molecule has 2 N–H and O–H groups in total. The van der Waals surface area contributed by atoms with Gasteiger partial charge in [0.15, 0.2) is 0 Å². The monoisotopic (exact) mass is 334 g/mol. The Kier molecular flexibility index (Phi) is 6.37. The van der Waals surface area contributed by atoms with Crippen LogP contribution in [0, 0.1) is 17.8 Å². The molecule has 24 heavy (non-hydrogen) atoms. The van der Waals surface area contributed by atoms with E-state index in [0.717, 1.165) is 18.4 Å². The van der Waals surface area contributed by atoms with Crippen molar-refractivity contribution in [2.45, 2.75) is 51.7 Å². The minimum atomic E-state index is -0.934. The lowest BCUT2D eigenvalue weighted by molar-refractivity contribution is -0.167. The third kappa shape index (κ3) is 4.35. The maximum atomic E-state index is 12.7. The van der Waals surface area contributed by atoms with E-state index in [1.807, 2.05) is 37.3 Å². The molecule has 5 nitrogen and oxygen atoms in total. The van der Waals surface area contributed by atoms with Crippen LogP contribution >= 0.6 is 0 Å². The molecule has 5 heteroatoms. The Balaban J connectivity index is 2.19. The van der Waals surface area contributed by atoms with Crippen LogP contribution in [-0.2, 0) is 14.3 Å². The molecule has 1 aliphatic carbocycles. The fourth-order valence-electron chi connectivity index (χ4n) is 3.30. The van der Waals surface area contributed by atoms with Crippen LogP contribution in [0.15, 0.2) is 30.3 Å². The SMILES string of the molecule is CC(O)C(C)C(OC(=O)C1CCCCC1C(=O)O)c1ccccc1. The van der Waals surface area contributed by atoms with Crippen molar-refractivity contribution in [2.75, 3.05) is 0 Å². The van der Waals surface area contributed by atoms with Gasteiger partial charge < -0.3 is 14.9 Å². The maximum Gasteiger partial charge on any atom is 0.310 e. The molecule has 0 bridgehead atoms. The molecular formula is C19H26O5. The van der Waals surface area contributed by atoms with Crippen LogP contribution < -0.4 is 0 Å². The molecule has 1 aromatic carbocycles. The first-order valence-electron chi connectivity index (χ1n) is 8.58. The molecule has 0 aromatic heterocycles. The van der Waals surface area contributed by atoms with E-state index in [1.165, 1.54) is 0 Å². The zero-order valence-electron chi connectivity index (χ0n) is 14.2. The number of carbonyl (C=O) groups excluding carboxylic acids is 1. The van der Waals surface area contributed by atoms with Gasteiger partial charge in [0.05, 0.1) is 17.9 Å². The molecule has 0 amide bonds. The van der Waals surface area contributed by atoms with Crippen molar-refractivity contribution in [2.24, 2.45) is 17.8 Å². The number of carbonyl (C=O) groups is 2. The Morgan fingerprint density at radius 3 is 2.21 bits per heavy atom. The van der Waals surface area contributed by atoms with E-state index in [9.17, 15) is 19.8 Å². The summed E-state index contributed by atoms with van der Waals surface area (Å²) < 4.78 is 5.72. The van der Waals surface area contributed by atoms with Gasteiger partial charge >= 0.3 is 11.9 Å². The number of rotatable bonds is 6. The van der Waals surface area contributed by atoms with Crippen LogP contribution in [0.1, 0.15) is 51.2 Å². The Bertz CT molecular complexity index is 554. The van der Waals surface area contributed by atoms with Crippen molar-refractivity contribution in [3.63, 3.8) is 0 Å². The first-order valence-corrected chi connectivity index (χ1v) is 8.58. The summed E-state index contributed by atoms with van der Waals surface area (Å²) in [6, 6.07) is 9.28. The summed E-state index contributed by atoms with van der Waals surface area (Å²) in [7, 11) is 0. The second-order valence-corrected chi connectivity index (χ2v) is 6.70. The summed E-state index contributed by atoms with van der Waals surface area (Å²) in [5.41, 5.74) is 0.807. The second-order valence-electron chi connectivity index (χ2n) is 6.70. The number of aliphatic hydroxyl groups excluding tert-OH is 1. The summed E-state index contributed by atoms with van der Waals surface area (Å²) in [6.45, 7) is 3.49. The van der Waals surface area contributed by atoms with E-state index >= 15 is 0 Å². The molecule has 5 atom stereocenters. The van der Waals surface area contributed by atoms with Crippen molar-refractivity contribution in [3.8, 4) is 0 Å². The minimum Gasteiger partial charge on any atom is -0.481 e. The third-order valence-corrected chi connectivity index (χ3v) is 5.00. The van der Waals surface area contributed by atoms with Gasteiger partial charge in [0.1, 0.15) is 6.10 Å². The lowest BCUT2D eigenvalue weighted by Gasteiger charge is -2.31. The smallest absolute Gasteiger partial charge is 0.310 e. The maximum absolute atomic E-state index is 12.7. The van der Waals surface area contributed by atoms with Gasteiger partial charge in [0, 0.05) is 5.92 Å². The average molecular weight is 334 g/mol.